The second-order valence-electron chi connectivity index (χ2n) is 3.16. The zero-order valence-corrected chi connectivity index (χ0v) is 10.9. The van der Waals surface area contributed by atoms with E-state index < -0.39 is 0 Å². The van der Waals surface area contributed by atoms with E-state index in [2.05, 4.69) is 31.2 Å². The van der Waals surface area contributed by atoms with Gasteiger partial charge in [0, 0.05) is 12.4 Å². The van der Waals surface area contributed by atoms with E-state index in [1.54, 1.807) is 36.7 Å². The molecule has 0 bridgehead atoms. The molecule has 0 spiro atoms. The smallest absolute Gasteiger partial charge is 0.259 e. The fourth-order valence-electron chi connectivity index (χ4n) is 1.19. The van der Waals surface area contributed by atoms with E-state index in [-0.39, 0.29) is 11.9 Å². The highest BCUT2D eigenvalue weighted by Crippen LogP contribution is 2.16. The molecule has 0 aliphatic heterocycles. The highest BCUT2D eigenvalue weighted by Gasteiger charge is 2.10. The fraction of sp³-hybridized carbons (Fsp3) is 0. The Morgan fingerprint density at radius 3 is 2.53 bits per heavy atom. The van der Waals surface area contributed by atoms with Crippen LogP contribution < -0.4 is 5.32 Å². The number of amides is 1. The number of hydrogen-bond donors (Lipinski definition) is 1. The van der Waals surface area contributed by atoms with Gasteiger partial charge in [-0.3, -0.25) is 10.1 Å². The Morgan fingerprint density at radius 1 is 1.24 bits per heavy atom. The van der Waals surface area contributed by atoms with E-state index in [9.17, 15) is 4.79 Å². The van der Waals surface area contributed by atoms with Crippen molar-refractivity contribution >= 4 is 39.4 Å². The van der Waals surface area contributed by atoms with Gasteiger partial charge in [0.2, 0.25) is 5.95 Å². The van der Waals surface area contributed by atoms with E-state index in [0.29, 0.717) is 10.6 Å². The van der Waals surface area contributed by atoms with Crippen molar-refractivity contribution in [3.8, 4) is 0 Å². The van der Waals surface area contributed by atoms with Crippen LogP contribution in [0.25, 0.3) is 0 Å². The van der Waals surface area contributed by atoms with Gasteiger partial charge in [-0.25, -0.2) is 9.97 Å². The fourth-order valence-corrected chi connectivity index (χ4v) is 1.62. The second-order valence-corrected chi connectivity index (χ2v) is 4.48. The van der Waals surface area contributed by atoms with Crippen molar-refractivity contribution in [3.05, 3.63) is 51.7 Å². The molecule has 6 heteroatoms. The molecule has 0 atom stereocenters. The average molecular weight is 313 g/mol. The van der Waals surface area contributed by atoms with Gasteiger partial charge in [0.05, 0.1) is 15.1 Å². The third-order valence-electron chi connectivity index (χ3n) is 1.96. The molecule has 0 unspecified atom stereocenters. The zero-order valence-electron chi connectivity index (χ0n) is 8.52. The Kier molecular flexibility index (Phi) is 3.71. The number of anilines is 1. The van der Waals surface area contributed by atoms with Crippen LogP contribution in [0.1, 0.15) is 10.4 Å². The van der Waals surface area contributed by atoms with E-state index >= 15 is 0 Å². The number of nitrogens with one attached hydrogen (secondary N) is 1. The topological polar surface area (TPSA) is 54.9 Å². The van der Waals surface area contributed by atoms with Crippen LogP contribution >= 0.6 is 27.5 Å². The molecule has 2 aromatic rings. The van der Waals surface area contributed by atoms with Gasteiger partial charge in [0.1, 0.15) is 0 Å². The quantitative estimate of drug-likeness (QED) is 0.927. The van der Waals surface area contributed by atoms with Crippen molar-refractivity contribution < 1.29 is 4.79 Å². The molecular formula is C11H7BrClN3O. The Hall–Kier alpha value is -1.46. The largest absolute Gasteiger partial charge is 0.290 e. The van der Waals surface area contributed by atoms with Crippen molar-refractivity contribution in [2.75, 3.05) is 5.32 Å². The van der Waals surface area contributed by atoms with E-state index in [1.807, 2.05) is 0 Å². The average Bonchev–Trinajstić information content (AvgIpc) is 2.32. The Morgan fingerprint density at radius 2 is 1.88 bits per heavy atom. The molecule has 1 amide bonds. The van der Waals surface area contributed by atoms with Crippen LogP contribution in [0.2, 0.25) is 5.02 Å². The zero-order chi connectivity index (χ0) is 12.3. The minimum atomic E-state index is -0.335. The first-order valence-corrected chi connectivity index (χ1v) is 5.87. The monoisotopic (exact) mass is 311 g/mol. The van der Waals surface area contributed by atoms with Gasteiger partial charge < -0.3 is 0 Å². The summed E-state index contributed by atoms with van der Waals surface area (Å²) in [6.45, 7) is 0. The molecule has 2 rings (SSSR count). The van der Waals surface area contributed by atoms with Gasteiger partial charge >= 0.3 is 0 Å². The van der Waals surface area contributed by atoms with E-state index in [4.69, 9.17) is 11.6 Å². The molecule has 17 heavy (non-hydrogen) atoms. The molecular weight excluding hydrogens is 305 g/mol. The lowest BCUT2D eigenvalue weighted by Gasteiger charge is -2.04. The van der Waals surface area contributed by atoms with Gasteiger partial charge in [0.15, 0.2) is 0 Å². The van der Waals surface area contributed by atoms with E-state index in [0.717, 1.165) is 4.47 Å². The van der Waals surface area contributed by atoms with Crippen LogP contribution in [0.5, 0.6) is 0 Å². The molecule has 1 aromatic carbocycles. The van der Waals surface area contributed by atoms with Gasteiger partial charge in [-0.15, -0.1) is 0 Å². The molecule has 1 N–H and O–H groups in total. The molecule has 1 aromatic heterocycles. The highest BCUT2D eigenvalue weighted by molar-refractivity contribution is 9.10. The maximum atomic E-state index is 11.8. The summed E-state index contributed by atoms with van der Waals surface area (Å²) in [5.74, 6) is -0.101. The molecule has 0 aliphatic rings. The van der Waals surface area contributed by atoms with Crippen LogP contribution in [0.15, 0.2) is 41.1 Å². The van der Waals surface area contributed by atoms with Crippen molar-refractivity contribution in [1.82, 2.24) is 9.97 Å². The molecule has 0 saturated heterocycles. The summed E-state index contributed by atoms with van der Waals surface area (Å²) in [5, 5.41) is 2.95. The molecule has 4 nitrogen and oxygen atoms in total. The number of rotatable bonds is 2. The van der Waals surface area contributed by atoms with Crippen LogP contribution in [-0.4, -0.2) is 15.9 Å². The van der Waals surface area contributed by atoms with Gasteiger partial charge in [-0.1, -0.05) is 23.7 Å². The summed E-state index contributed by atoms with van der Waals surface area (Å²) < 4.78 is 0.744. The van der Waals surface area contributed by atoms with Crippen molar-refractivity contribution in [2.24, 2.45) is 0 Å². The number of aromatic nitrogens is 2. The number of carbonyl (C=O) groups excluding carboxylic acids is 1. The first kappa shape index (κ1) is 12.0. The molecule has 0 saturated carbocycles. The maximum Gasteiger partial charge on any atom is 0.259 e. The minimum absolute atomic E-state index is 0.234. The number of carbonyl (C=O) groups is 1. The van der Waals surface area contributed by atoms with Gasteiger partial charge in [-0.2, -0.15) is 0 Å². The van der Waals surface area contributed by atoms with Crippen LogP contribution in [0.3, 0.4) is 0 Å². The van der Waals surface area contributed by atoms with Crippen LogP contribution in [0, 0.1) is 0 Å². The Labute approximate surface area is 111 Å². The van der Waals surface area contributed by atoms with Crippen molar-refractivity contribution in [2.45, 2.75) is 0 Å². The summed E-state index contributed by atoms with van der Waals surface area (Å²) >= 11 is 9.11. The Balaban J connectivity index is 2.17. The molecule has 86 valence electrons. The molecule has 0 aliphatic carbocycles. The third-order valence-corrected chi connectivity index (χ3v) is 2.70. The second kappa shape index (κ2) is 5.25. The third kappa shape index (κ3) is 3.01. The first-order valence-electron chi connectivity index (χ1n) is 4.70. The molecule has 0 fully saturated rings. The summed E-state index contributed by atoms with van der Waals surface area (Å²) in [7, 11) is 0. The normalized spacial score (nSPS) is 10.0. The lowest BCUT2D eigenvalue weighted by Crippen LogP contribution is -2.14. The SMILES string of the molecule is O=C(Nc1ncc(Br)cn1)c1ccccc1Cl. The van der Waals surface area contributed by atoms with Crippen LogP contribution in [-0.2, 0) is 0 Å². The first-order chi connectivity index (χ1) is 8.16. The van der Waals surface area contributed by atoms with E-state index in [1.165, 1.54) is 0 Å². The highest BCUT2D eigenvalue weighted by atomic mass is 79.9. The minimum Gasteiger partial charge on any atom is -0.290 e. The predicted molar refractivity (Wildman–Crippen MR) is 69.1 cm³/mol. The summed E-state index contributed by atoms with van der Waals surface area (Å²) in [6, 6.07) is 6.79. The molecule has 0 radical (unpaired) electrons. The van der Waals surface area contributed by atoms with Gasteiger partial charge in [0.25, 0.3) is 5.91 Å². The maximum absolute atomic E-state index is 11.8. The lowest BCUT2D eigenvalue weighted by atomic mass is 10.2. The number of benzene rings is 1. The van der Waals surface area contributed by atoms with Gasteiger partial charge in [-0.05, 0) is 28.1 Å². The molecule has 1 heterocycles. The summed E-state index contributed by atoms with van der Waals surface area (Å²) in [6.07, 6.45) is 3.10. The lowest BCUT2D eigenvalue weighted by molar-refractivity contribution is 0.102. The summed E-state index contributed by atoms with van der Waals surface area (Å²) in [4.78, 5) is 19.7. The predicted octanol–water partition coefficient (Wildman–Crippen LogP) is 3.14. The van der Waals surface area contributed by atoms with Crippen LogP contribution in [0.4, 0.5) is 5.95 Å². The van der Waals surface area contributed by atoms with Crippen molar-refractivity contribution in [3.63, 3.8) is 0 Å². The summed E-state index contributed by atoms with van der Waals surface area (Å²) in [5.41, 5.74) is 0.390. The number of hydrogen-bond acceptors (Lipinski definition) is 3. The number of halogens is 2. The van der Waals surface area contributed by atoms with Crippen molar-refractivity contribution in [1.29, 1.82) is 0 Å². The standard InChI is InChI=1S/C11H7BrClN3O/c12-7-5-14-11(15-6-7)16-10(17)8-3-1-2-4-9(8)13/h1-6H,(H,14,15,16,17). The Bertz CT molecular complexity index is 545. The number of nitrogens with zero attached hydrogens (tertiary/aromatic N) is 2.